The molecule has 1 aliphatic heterocycles. The number of aromatic nitrogens is 2. The fourth-order valence-electron chi connectivity index (χ4n) is 4.99. The van der Waals surface area contributed by atoms with E-state index in [0.717, 1.165) is 11.1 Å². The number of carbonyl (C=O) groups is 2. The van der Waals surface area contributed by atoms with Gasteiger partial charge in [-0.3, -0.25) is 14.5 Å². The number of carbonyl (C=O) groups excluding carboxylic acids is 2. The lowest BCUT2D eigenvalue weighted by atomic mass is 9.93. The summed E-state index contributed by atoms with van der Waals surface area (Å²) < 4.78 is 16.4. The van der Waals surface area contributed by atoms with Gasteiger partial charge in [-0.05, 0) is 60.9 Å². The third-order valence-electron chi connectivity index (χ3n) is 6.65. The number of aryl methyl sites for hydroxylation is 2. The van der Waals surface area contributed by atoms with Crippen molar-refractivity contribution >= 4 is 34.4 Å². The fraction of sp³-hybridized carbons (Fsp3) is 0.207. The predicted octanol–water partition coefficient (Wildman–Crippen LogP) is 4.83. The Morgan fingerprint density at radius 3 is 2.37 bits per heavy atom. The highest BCUT2D eigenvalue weighted by Gasteiger charge is 2.48. The summed E-state index contributed by atoms with van der Waals surface area (Å²) in [5, 5.41) is 11.6. The zero-order chi connectivity index (χ0) is 27.1. The number of amides is 1. The minimum absolute atomic E-state index is 0.0917. The van der Waals surface area contributed by atoms with E-state index in [1.807, 2.05) is 38.1 Å². The Kier molecular flexibility index (Phi) is 6.28. The zero-order valence-corrected chi connectivity index (χ0v) is 21.7. The number of aromatic amines is 1. The SMILES string of the molecule is COc1ccc(C2/C(=C(\O)c3cc(C)cc(C)c3OC)C(=O)C(=O)N2c2nc3ccccc3[nH]2)cc1OC. The molecule has 9 nitrogen and oxygen atoms in total. The van der Waals surface area contributed by atoms with Crippen LogP contribution < -0.4 is 19.1 Å². The largest absolute Gasteiger partial charge is 0.507 e. The monoisotopic (exact) mass is 513 g/mol. The first kappa shape index (κ1) is 24.9. The molecule has 0 aliphatic carbocycles. The van der Waals surface area contributed by atoms with Crippen molar-refractivity contribution in [2.75, 3.05) is 26.2 Å². The standard InChI is InChI=1S/C29H27N3O6/c1-15-12-16(2)27(38-5)18(13-15)25(33)23-24(17-10-11-21(36-3)22(14-17)37-4)32(28(35)26(23)34)29-30-19-8-6-7-9-20(19)31-29/h6-14,24,33H,1-5H3,(H,30,31)/b25-23+. The predicted molar refractivity (Wildman–Crippen MR) is 143 cm³/mol. The lowest BCUT2D eigenvalue weighted by Crippen LogP contribution is -2.30. The molecule has 2 heterocycles. The van der Waals surface area contributed by atoms with Gasteiger partial charge in [0.15, 0.2) is 11.5 Å². The highest BCUT2D eigenvalue weighted by atomic mass is 16.5. The van der Waals surface area contributed by atoms with Gasteiger partial charge in [-0.2, -0.15) is 0 Å². The van der Waals surface area contributed by atoms with Crippen LogP contribution in [-0.2, 0) is 9.59 Å². The lowest BCUT2D eigenvalue weighted by molar-refractivity contribution is -0.132. The van der Waals surface area contributed by atoms with Crippen molar-refractivity contribution in [3.8, 4) is 17.2 Å². The summed E-state index contributed by atoms with van der Waals surface area (Å²) in [6.07, 6.45) is 0. The Balaban J connectivity index is 1.80. The molecule has 3 aromatic carbocycles. The second-order valence-corrected chi connectivity index (χ2v) is 9.02. The van der Waals surface area contributed by atoms with Crippen LogP contribution in [-0.4, -0.2) is 48.1 Å². The van der Waals surface area contributed by atoms with Crippen molar-refractivity contribution in [2.24, 2.45) is 0 Å². The number of ether oxygens (including phenoxy) is 3. The first-order valence-corrected chi connectivity index (χ1v) is 11.9. The number of Topliss-reactive ketones (excluding diaryl/α,β-unsaturated/α-hetero) is 1. The number of hydrogen-bond donors (Lipinski definition) is 2. The molecule has 1 amide bonds. The number of fused-ring (bicyclic) bond motifs is 1. The Bertz CT molecular complexity index is 1590. The van der Waals surface area contributed by atoms with Gasteiger partial charge in [0, 0.05) is 0 Å². The van der Waals surface area contributed by atoms with Crippen LogP contribution >= 0.6 is 0 Å². The number of para-hydroxylation sites is 2. The molecule has 0 radical (unpaired) electrons. The number of aliphatic hydroxyl groups is 1. The fourth-order valence-corrected chi connectivity index (χ4v) is 4.99. The molecule has 1 saturated heterocycles. The minimum atomic E-state index is -1.01. The first-order chi connectivity index (χ1) is 18.3. The van der Waals surface area contributed by atoms with Gasteiger partial charge in [-0.1, -0.05) is 24.3 Å². The highest BCUT2D eigenvalue weighted by molar-refractivity contribution is 6.51. The Labute approximate surface area is 219 Å². The van der Waals surface area contributed by atoms with Crippen LogP contribution in [0.25, 0.3) is 16.8 Å². The molecular formula is C29H27N3O6. The van der Waals surface area contributed by atoms with Crippen LogP contribution in [0, 0.1) is 13.8 Å². The maximum atomic E-state index is 13.6. The molecule has 1 unspecified atom stereocenters. The number of ketones is 1. The van der Waals surface area contributed by atoms with E-state index < -0.39 is 17.7 Å². The van der Waals surface area contributed by atoms with Crippen LogP contribution in [0.3, 0.4) is 0 Å². The van der Waals surface area contributed by atoms with Gasteiger partial charge in [-0.25, -0.2) is 4.98 Å². The van der Waals surface area contributed by atoms with Crippen molar-refractivity contribution < 1.29 is 28.9 Å². The number of anilines is 1. The summed E-state index contributed by atoms with van der Waals surface area (Å²) >= 11 is 0. The van der Waals surface area contributed by atoms with Crippen LogP contribution in [0.4, 0.5) is 5.95 Å². The number of imidazole rings is 1. The summed E-state index contributed by atoms with van der Waals surface area (Å²) in [6.45, 7) is 3.73. The summed E-state index contributed by atoms with van der Waals surface area (Å²) in [6, 6.07) is 15.0. The average molecular weight is 514 g/mol. The lowest BCUT2D eigenvalue weighted by Gasteiger charge is -2.24. The number of benzene rings is 3. The van der Waals surface area contributed by atoms with Crippen molar-refractivity contribution in [1.29, 1.82) is 0 Å². The minimum Gasteiger partial charge on any atom is -0.507 e. The van der Waals surface area contributed by atoms with Gasteiger partial charge in [-0.15, -0.1) is 0 Å². The molecule has 194 valence electrons. The zero-order valence-electron chi connectivity index (χ0n) is 21.7. The van der Waals surface area contributed by atoms with Gasteiger partial charge in [0.2, 0.25) is 5.95 Å². The van der Waals surface area contributed by atoms with Gasteiger partial charge >= 0.3 is 5.91 Å². The number of hydrogen-bond acceptors (Lipinski definition) is 7. The molecule has 1 atom stereocenters. The number of aliphatic hydroxyl groups excluding tert-OH is 1. The second kappa shape index (κ2) is 9.59. The molecule has 1 aliphatic rings. The highest BCUT2D eigenvalue weighted by Crippen LogP contribution is 2.45. The van der Waals surface area contributed by atoms with E-state index in [1.54, 1.807) is 30.3 Å². The van der Waals surface area contributed by atoms with E-state index in [1.165, 1.54) is 26.2 Å². The van der Waals surface area contributed by atoms with Crippen molar-refractivity contribution in [3.63, 3.8) is 0 Å². The van der Waals surface area contributed by atoms with Gasteiger partial charge in [0.25, 0.3) is 5.78 Å². The van der Waals surface area contributed by atoms with Gasteiger partial charge < -0.3 is 24.3 Å². The van der Waals surface area contributed by atoms with Crippen molar-refractivity contribution in [2.45, 2.75) is 19.9 Å². The number of rotatable bonds is 6. The van der Waals surface area contributed by atoms with Crippen molar-refractivity contribution in [3.05, 3.63) is 82.4 Å². The molecular weight excluding hydrogens is 486 g/mol. The second-order valence-electron chi connectivity index (χ2n) is 9.02. The summed E-state index contributed by atoms with van der Waals surface area (Å²) in [7, 11) is 4.51. The number of methoxy groups -OCH3 is 3. The third-order valence-corrected chi connectivity index (χ3v) is 6.65. The van der Waals surface area contributed by atoms with Crippen LogP contribution in [0.2, 0.25) is 0 Å². The topological polar surface area (TPSA) is 114 Å². The van der Waals surface area contributed by atoms with E-state index in [4.69, 9.17) is 14.2 Å². The maximum absolute atomic E-state index is 13.6. The van der Waals surface area contributed by atoms with E-state index in [-0.39, 0.29) is 17.3 Å². The molecule has 4 aromatic rings. The molecule has 1 aromatic heterocycles. The molecule has 1 fully saturated rings. The maximum Gasteiger partial charge on any atom is 0.302 e. The van der Waals surface area contributed by atoms with Crippen LogP contribution in [0.5, 0.6) is 17.2 Å². The van der Waals surface area contributed by atoms with Gasteiger partial charge in [0.1, 0.15) is 11.5 Å². The number of H-pyrrole nitrogens is 1. The van der Waals surface area contributed by atoms with E-state index in [2.05, 4.69) is 9.97 Å². The van der Waals surface area contributed by atoms with E-state index in [9.17, 15) is 14.7 Å². The first-order valence-electron chi connectivity index (χ1n) is 11.9. The molecule has 38 heavy (non-hydrogen) atoms. The van der Waals surface area contributed by atoms with Crippen LogP contribution in [0.15, 0.2) is 60.2 Å². The molecule has 9 heteroatoms. The number of nitrogens with zero attached hydrogens (tertiary/aromatic N) is 2. The summed E-state index contributed by atoms with van der Waals surface area (Å²) in [5.74, 6) is -0.534. The molecule has 5 rings (SSSR count). The normalized spacial score (nSPS) is 16.8. The molecule has 2 N–H and O–H groups in total. The van der Waals surface area contributed by atoms with Crippen molar-refractivity contribution in [1.82, 2.24) is 9.97 Å². The quantitative estimate of drug-likeness (QED) is 0.216. The van der Waals surface area contributed by atoms with E-state index >= 15 is 0 Å². The molecule has 0 saturated carbocycles. The average Bonchev–Trinajstić information content (AvgIpc) is 3.45. The van der Waals surface area contributed by atoms with E-state index in [0.29, 0.717) is 39.4 Å². The Morgan fingerprint density at radius 2 is 1.68 bits per heavy atom. The van der Waals surface area contributed by atoms with Gasteiger partial charge in [0.05, 0.1) is 49.5 Å². The Morgan fingerprint density at radius 1 is 0.947 bits per heavy atom. The third kappa shape index (κ3) is 3.92. The smallest absolute Gasteiger partial charge is 0.302 e. The number of nitrogens with one attached hydrogen (secondary N) is 1. The molecule has 0 spiro atoms. The molecule has 0 bridgehead atoms. The summed E-state index contributed by atoms with van der Waals surface area (Å²) in [4.78, 5) is 36.1. The Hall–Kier alpha value is -4.79. The van der Waals surface area contributed by atoms with Crippen LogP contribution in [0.1, 0.15) is 28.3 Å². The summed E-state index contributed by atoms with van der Waals surface area (Å²) in [5.41, 5.74) is 3.72.